The fraction of sp³-hybridized carbons (Fsp3) is 1.00. The van der Waals surface area contributed by atoms with Crippen LogP contribution in [0.25, 0.3) is 0 Å². The van der Waals surface area contributed by atoms with Crippen LogP contribution in [0.4, 0.5) is 0 Å². The second kappa shape index (κ2) is 5.38. The van der Waals surface area contributed by atoms with Gasteiger partial charge in [-0.1, -0.05) is 20.8 Å². The normalized spacial score (nSPS) is 15.6. The molecule has 0 saturated carbocycles. The van der Waals surface area contributed by atoms with E-state index in [9.17, 15) is 4.55 Å². The Kier molecular flexibility index (Phi) is 5.48. The summed E-state index contributed by atoms with van der Waals surface area (Å²) in [6.45, 7) is 12.5. The number of hydrogen-bond acceptors (Lipinski definition) is 2. The van der Waals surface area contributed by atoms with Crippen molar-refractivity contribution in [1.29, 1.82) is 0 Å². The van der Waals surface area contributed by atoms with Gasteiger partial charge < -0.3 is 4.55 Å². The van der Waals surface area contributed by atoms with Crippen LogP contribution in [-0.4, -0.2) is 14.8 Å². The molecular formula is C11H25NOS. The van der Waals surface area contributed by atoms with Crippen molar-refractivity contribution in [1.82, 2.24) is 4.72 Å². The number of nitrogens with one attached hydrogen (secondary N) is 1. The maximum absolute atomic E-state index is 12.0. The molecule has 0 saturated heterocycles. The molecule has 0 aromatic carbocycles. The smallest absolute Gasteiger partial charge is 0.136 e. The van der Waals surface area contributed by atoms with Gasteiger partial charge in [-0.05, 0) is 40.0 Å². The Morgan fingerprint density at radius 1 is 1.00 bits per heavy atom. The Labute approximate surface area is 92.2 Å². The predicted molar refractivity (Wildman–Crippen MR) is 64.6 cm³/mol. The summed E-state index contributed by atoms with van der Waals surface area (Å²) in [4.78, 5) is 0. The Hall–Kier alpha value is 0.270. The van der Waals surface area contributed by atoms with E-state index >= 15 is 0 Å². The SMILES string of the molecule is CCC(CC)(CC)N[S@+]([O-])C(C)(C)C. The molecule has 0 spiro atoms. The third-order valence-electron chi connectivity index (χ3n) is 2.90. The number of hydrogen-bond donors (Lipinski definition) is 1. The molecule has 0 unspecified atom stereocenters. The van der Waals surface area contributed by atoms with Crippen LogP contribution in [0.2, 0.25) is 0 Å². The highest BCUT2D eigenvalue weighted by molar-refractivity contribution is 7.90. The van der Waals surface area contributed by atoms with Crippen LogP contribution < -0.4 is 4.72 Å². The molecule has 1 N–H and O–H groups in total. The minimum Gasteiger partial charge on any atom is -0.598 e. The highest BCUT2D eigenvalue weighted by Gasteiger charge is 2.35. The molecule has 0 aliphatic heterocycles. The van der Waals surface area contributed by atoms with E-state index in [1.165, 1.54) is 0 Å². The minimum atomic E-state index is -0.956. The summed E-state index contributed by atoms with van der Waals surface area (Å²) in [6.07, 6.45) is 3.09. The Balaban J connectivity index is 4.45. The quantitative estimate of drug-likeness (QED) is 0.721. The third kappa shape index (κ3) is 3.79. The lowest BCUT2D eigenvalue weighted by molar-refractivity contribution is 0.337. The highest BCUT2D eigenvalue weighted by atomic mass is 32.2. The maximum atomic E-state index is 12.0. The summed E-state index contributed by atoms with van der Waals surface area (Å²) in [5.41, 5.74) is 0.0537. The standard InChI is InChI=1S/C11H25NOS/c1-7-11(8-2,9-3)12-14(13)10(4,5)6/h12H,7-9H2,1-6H3/t14-/m1/s1. The van der Waals surface area contributed by atoms with Gasteiger partial charge in [0.15, 0.2) is 0 Å². The molecule has 0 rings (SSSR count). The van der Waals surface area contributed by atoms with Crippen LogP contribution in [0.5, 0.6) is 0 Å². The topological polar surface area (TPSA) is 35.1 Å². The van der Waals surface area contributed by atoms with E-state index in [-0.39, 0.29) is 10.3 Å². The molecule has 0 aromatic rings. The Morgan fingerprint density at radius 2 is 1.36 bits per heavy atom. The van der Waals surface area contributed by atoms with E-state index in [4.69, 9.17) is 0 Å². The summed E-state index contributed by atoms with van der Waals surface area (Å²) in [7, 11) is 0. The first-order chi connectivity index (χ1) is 6.31. The summed E-state index contributed by atoms with van der Waals surface area (Å²) in [6, 6.07) is 0. The Morgan fingerprint density at radius 3 is 1.57 bits per heavy atom. The van der Waals surface area contributed by atoms with Gasteiger partial charge in [0, 0.05) is 11.4 Å². The average Bonchev–Trinajstić information content (AvgIpc) is 2.12. The second-order valence-electron chi connectivity index (χ2n) is 4.82. The summed E-state index contributed by atoms with van der Waals surface area (Å²) in [5, 5.41) is 0. The van der Waals surface area contributed by atoms with Crippen LogP contribution in [0.3, 0.4) is 0 Å². The highest BCUT2D eigenvalue weighted by Crippen LogP contribution is 2.24. The van der Waals surface area contributed by atoms with Crippen LogP contribution in [0.15, 0.2) is 0 Å². The lowest BCUT2D eigenvalue weighted by atomic mass is 9.91. The molecule has 86 valence electrons. The third-order valence-corrected chi connectivity index (χ3v) is 4.63. The summed E-state index contributed by atoms with van der Waals surface area (Å²) >= 11 is -0.956. The molecule has 0 heterocycles. The monoisotopic (exact) mass is 219 g/mol. The molecule has 0 amide bonds. The molecule has 0 aromatic heterocycles. The molecule has 0 radical (unpaired) electrons. The van der Waals surface area contributed by atoms with Crippen molar-refractivity contribution in [2.45, 2.75) is 71.1 Å². The fourth-order valence-electron chi connectivity index (χ4n) is 1.32. The molecule has 3 heteroatoms. The minimum absolute atomic E-state index is 0.0537. The Bertz CT molecular complexity index is 153. The van der Waals surface area contributed by atoms with Gasteiger partial charge in [0.25, 0.3) is 0 Å². The lowest BCUT2D eigenvalue weighted by Crippen LogP contribution is -2.52. The van der Waals surface area contributed by atoms with Gasteiger partial charge in [0.05, 0.1) is 5.54 Å². The zero-order valence-corrected chi connectivity index (χ0v) is 11.3. The molecule has 2 nitrogen and oxygen atoms in total. The van der Waals surface area contributed by atoms with E-state index < -0.39 is 11.4 Å². The lowest BCUT2D eigenvalue weighted by Gasteiger charge is -2.35. The van der Waals surface area contributed by atoms with Crippen molar-refractivity contribution >= 4 is 11.4 Å². The van der Waals surface area contributed by atoms with Crippen LogP contribution in [0.1, 0.15) is 60.8 Å². The molecule has 0 bridgehead atoms. The fourth-order valence-corrected chi connectivity index (χ4v) is 2.45. The molecule has 0 aliphatic carbocycles. The van der Waals surface area contributed by atoms with E-state index in [0.29, 0.717) is 0 Å². The maximum Gasteiger partial charge on any atom is 0.136 e. The van der Waals surface area contributed by atoms with E-state index in [2.05, 4.69) is 25.5 Å². The van der Waals surface area contributed by atoms with Gasteiger partial charge in [-0.15, -0.1) is 4.72 Å². The molecule has 14 heavy (non-hydrogen) atoms. The average molecular weight is 219 g/mol. The van der Waals surface area contributed by atoms with Crippen LogP contribution in [0, 0.1) is 0 Å². The molecular weight excluding hydrogens is 194 g/mol. The van der Waals surface area contributed by atoms with Gasteiger partial charge in [-0.25, -0.2) is 0 Å². The first-order valence-electron chi connectivity index (χ1n) is 5.51. The van der Waals surface area contributed by atoms with Crippen molar-refractivity contribution in [2.24, 2.45) is 0 Å². The van der Waals surface area contributed by atoms with Gasteiger partial charge >= 0.3 is 0 Å². The predicted octanol–water partition coefficient (Wildman–Crippen LogP) is 3.01. The summed E-state index contributed by atoms with van der Waals surface area (Å²) < 4.78 is 15.1. The van der Waals surface area contributed by atoms with Crippen LogP contribution in [-0.2, 0) is 11.4 Å². The van der Waals surface area contributed by atoms with Crippen molar-refractivity contribution in [3.05, 3.63) is 0 Å². The van der Waals surface area contributed by atoms with E-state index in [0.717, 1.165) is 19.3 Å². The van der Waals surface area contributed by atoms with Crippen LogP contribution >= 0.6 is 0 Å². The van der Waals surface area contributed by atoms with E-state index in [1.54, 1.807) is 0 Å². The second-order valence-corrected chi connectivity index (χ2v) is 6.79. The van der Waals surface area contributed by atoms with Gasteiger partial charge in [0.2, 0.25) is 0 Å². The van der Waals surface area contributed by atoms with Gasteiger partial charge in [0.1, 0.15) is 4.75 Å². The molecule has 0 aliphatic rings. The van der Waals surface area contributed by atoms with Crippen molar-refractivity contribution < 1.29 is 4.55 Å². The first-order valence-corrected chi connectivity index (χ1v) is 6.66. The van der Waals surface area contributed by atoms with Crippen molar-refractivity contribution in [2.75, 3.05) is 0 Å². The largest absolute Gasteiger partial charge is 0.598 e. The first kappa shape index (κ1) is 14.3. The van der Waals surface area contributed by atoms with Crippen molar-refractivity contribution in [3.8, 4) is 0 Å². The zero-order chi connectivity index (χ0) is 11.4. The molecule has 1 atom stereocenters. The van der Waals surface area contributed by atoms with Gasteiger partial charge in [-0.3, -0.25) is 0 Å². The van der Waals surface area contributed by atoms with Gasteiger partial charge in [-0.2, -0.15) is 0 Å². The summed E-state index contributed by atoms with van der Waals surface area (Å²) in [5.74, 6) is 0. The number of rotatable bonds is 5. The van der Waals surface area contributed by atoms with Crippen molar-refractivity contribution in [3.63, 3.8) is 0 Å². The zero-order valence-electron chi connectivity index (χ0n) is 10.4. The van der Waals surface area contributed by atoms with E-state index in [1.807, 2.05) is 20.8 Å². The molecule has 0 fully saturated rings.